The first-order valence-corrected chi connectivity index (χ1v) is 8.03. The zero-order valence-corrected chi connectivity index (χ0v) is 11.7. The molecule has 0 bridgehead atoms. The van der Waals surface area contributed by atoms with Gasteiger partial charge in [-0.2, -0.15) is 0 Å². The van der Waals surface area contributed by atoms with Crippen molar-refractivity contribution in [3.05, 3.63) is 0 Å². The van der Waals surface area contributed by atoms with Crippen molar-refractivity contribution >= 4 is 0 Å². The van der Waals surface area contributed by atoms with Crippen molar-refractivity contribution in [3.8, 4) is 0 Å². The molecule has 104 valence electrons. The monoisotopic (exact) mass is 251 g/mol. The second kappa shape index (κ2) is 5.48. The highest BCUT2D eigenvalue weighted by atomic mass is 15.3. The number of hydrogen-bond donors (Lipinski definition) is 2. The van der Waals surface area contributed by atoms with E-state index >= 15 is 0 Å². The molecule has 0 aromatic rings. The zero-order chi connectivity index (χ0) is 12.4. The van der Waals surface area contributed by atoms with Gasteiger partial charge in [0.2, 0.25) is 0 Å². The van der Waals surface area contributed by atoms with E-state index in [2.05, 4.69) is 10.2 Å². The van der Waals surface area contributed by atoms with E-state index in [1.807, 2.05) is 0 Å². The molecule has 0 aromatic carbocycles. The highest BCUT2D eigenvalue weighted by Crippen LogP contribution is 2.35. The van der Waals surface area contributed by atoms with Gasteiger partial charge in [0.15, 0.2) is 0 Å². The van der Waals surface area contributed by atoms with Crippen LogP contribution >= 0.6 is 0 Å². The first kappa shape index (κ1) is 12.9. The molecule has 3 N–H and O–H groups in total. The number of rotatable bonds is 6. The molecule has 0 amide bonds. The Labute approximate surface area is 111 Å². The molecule has 1 aliphatic carbocycles. The van der Waals surface area contributed by atoms with E-state index in [0.717, 1.165) is 18.5 Å². The molecular weight excluding hydrogens is 222 g/mol. The van der Waals surface area contributed by atoms with Crippen LogP contribution in [0.3, 0.4) is 0 Å². The molecule has 2 unspecified atom stereocenters. The third-order valence-corrected chi connectivity index (χ3v) is 5.42. The second-order valence-electron chi connectivity index (χ2n) is 6.67. The van der Waals surface area contributed by atoms with Gasteiger partial charge in [-0.25, -0.2) is 0 Å². The predicted octanol–water partition coefficient (Wildman–Crippen LogP) is 1.72. The smallest absolute Gasteiger partial charge is 0.0473 e. The number of hydrogen-bond acceptors (Lipinski definition) is 3. The summed E-state index contributed by atoms with van der Waals surface area (Å²) in [5.41, 5.74) is 6.38. The van der Waals surface area contributed by atoms with Crippen molar-refractivity contribution in [1.29, 1.82) is 0 Å². The summed E-state index contributed by atoms with van der Waals surface area (Å²) in [6.45, 7) is 4.56. The Morgan fingerprint density at radius 2 is 2.06 bits per heavy atom. The molecule has 3 fully saturated rings. The van der Waals surface area contributed by atoms with Gasteiger partial charge in [0.25, 0.3) is 0 Å². The molecule has 0 radical (unpaired) electrons. The van der Waals surface area contributed by atoms with Crippen molar-refractivity contribution in [2.45, 2.75) is 62.9 Å². The number of nitrogens with one attached hydrogen (secondary N) is 1. The molecule has 1 saturated carbocycles. The normalized spacial score (nSPS) is 36.8. The Morgan fingerprint density at radius 1 is 1.17 bits per heavy atom. The van der Waals surface area contributed by atoms with Crippen LogP contribution in [0.2, 0.25) is 0 Å². The number of piperidine rings is 1. The third kappa shape index (κ3) is 2.59. The van der Waals surface area contributed by atoms with Crippen LogP contribution in [0.4, 0.5) is 0 Å². The van der Waals surface area contributed by atoms with E-state index in [4.69, 9.17) is 5.73 Å². The molecular formula is C15H29N3. The average Bonchev–Trinajstić information content (AvgIpc) is 3.17. The summed E-state index contributed by atoms with van der Waals surface area (Å²) in [7, 11) is 0. The van der Waals surface area contributed by atoms with Crippen molar-refractivity contribution in [1.82, 2.24) is 10.2 Å². The summed E-state index contributed by atoms with van der Waals surface area (Å²) in [6.07, 6.45) is 11.1. The van der Waals surface area contributed by atoms with Crippen LogP contribution < -0.4 is 11.1 Å². The Hall–Kier alpha value is -0.120. The SMILES string of the molecule is NCC1(NCCCC2CC2)CCN2CCCCC21. The van der Waals surface area contributed by atoms with Gasteiger partial charge in [0, 0.05) is 24.7 Å². The van der Waals surface area contributed by atoms with Crippen molar-refractivity contribution in [3.63, 3.8) is 0 Å². The highest BCUT2D eigenvalue weighted by molar-refractivity contribution is 5.07. The Bertz CT molecular complexity index is 277. The fraction of sp³-hybridized carbons (Fsp3) is 1.00. The van der Waals surface area contributed by atoms with E-state index in [-0.39, 0.29) is 5.54 Å². The lowest BCUT2D eigenvalue weighted by atomic mass is 9.85. The highest BCUT2D eigenvalue weighted by Gasteiger charge is 2.46. The number of nitrogens with two attached hydrogens (primary N) is 1. The molecule has 2 aliphatic heterocycles. The molecule has 3 rings (SSSR count). The second-order valence-corrected chi connectivity index (χ2v) is 6.67. The molecule has 2 atom stereocenters. The van der Waals surface area contributed by atoms with Crippen LogP contribution in [-0.2, 0) is 0 Å². The first-order valence-electron chi connectivity index (χ1n) is 8.03. The number of fused-ring (bicyclic) bond motifs is 1. The summed E-state index contributed by atoms with van der Waals surface area (Å²) >= 11 is 0. The molecule has 3 heteroatoms. The summed E-state index contributed by atoms with van der Waals surface area (Å²) in [5, 5.41) is 3.86. The fourth-order valence-corrected chi connectivity index (χ4v) is 4.05. The lowest BCUT2D eigenvalue weighted by Crippen LogP contribution is -2.60. The average molecular weight is 251 g/mol. The van der Waals surface area contributed by atoms with Crippen molar-refractivity contribution < 1.29 is 0 Å². The summed E-state index contributed by atoms with van der Waals surface area (Å²) < 4.78 is 0. The van der Waals surface area contributed by atoms with Crippen LogP contribution in [-0.4, -0.2) is 42.7 Å². The minimum atomic E-state index is 0.240. The summed E-state index contributed by atoms with van der Waals surface area (Å²) in [5.74, 6) is 1.07. The minimum Gasteiger partial charge on any atom is -0.329 e. The van der Waals surface area contributed by atoms with Crippen LogP contribution in [0.15, 0.2) is 0 Å². The lowest BCUT2D eigenvalue weighted by molar-refractivity contribution is 0.140. The van der Waals surface area contributed by atoms with E-state index in [0.29, 0.717) is 0 Å². The van der Waals surface area contributed by atoms with Crippen LogP contribution in [0.1, 0.15) is 51.4 Å². The Kier molecular flexibility index (Phi) is 3.92. The third-order valence-electron chi connectivity index (χ3n) is 5.42. The minimum absolute atomic E-state index is 0.240. The molecule has 0 spiro atoms. The van der Waals surface area contributed by atoms with E-state index < -0.39 is 0 Å². The van der Waals surface area contributed by atoms with Crippen LogP contribution in [0.25, 0.3) is 0 Å². The van der Waals surface area contributed by atoms with Gasteiger partial charge in [-0.15, -0.1) is 0 Å². The summed E-state index contributed by atoms with van der Waals surface area (Å²) in [6, 6.07) is 0.720. The standard InChI is InChI=1S/C15H29N3/c16-12-15(17-9-3-4-13-6-7-13)8-11-18-10-2-1-5-14(15)18/h13-14,17H,1-12,16H2. The maximum absolute atomic E-state index is 6.14. The van der Waals surface area contributed by atoms with E-state index in [1.165, 1.54) is 71.0 Å². The predicted molar refractivity (Wildman–Crippen MR) is 75.6 cm³/mol. The Morgan fingerprint density at radius 3 is 2.83 bits per heavy atom. The quantitative estimate of drug-likeness (QED) is 0.706. The van der Waals surface area contributed by atoms with Gasteiger partial charge >= 0.3 is 0 Å². The van der Waals surface area contributed by atoms with Crippen LogP contribution in [0.5, 0.6) is 0 Å². The maximum atomic E-state index is 6.14. The van der Waals surface area contributed by atoms with Crippen molar-refractivity contribution in [2.24, 2.45) is 11.7 Å². The van der Waals surface area contributed by atoms with Gasteiger partial charge < -0.3 is 11.1 Å². The van der Waals surface area contributed by atoms with Gasteiger partial charge in [-0.3, -0.25) is 4.90 Å². The number of nitrogens with zero attached hydrogens (tertiary/aromatic N) is 1. The van der Waals surface area contributed by atoms with E-state index in [1.54, 1.807) is 0 Å². The van der Waals surface area contributed by atoms with Crippen molar-refractivity contribution in [2.75, 3.05) is 26.2 Å². The topological polar surface area (TPSA) is 41.3 Å². The molecule has 2 heterocycles. The lowest BCUT2D eigenvalue weighted by Gasteiger charge is -2.41. The summed E-state index contributed by atoms with van der Waals surface area (Å²) in [4.78, 5) is 2.68. The van der Waals surface area contributed by atoms with Gasteiger partial charge in [-0.1, -0.05) is 19.3 Å². The molecule has 2 saturated heterocycles. The van der Waals surface area contributed by atoms with Gasteiger partial charge in [-0.05, 0) is 51.1 Å². The molecule has 0 aromatic heterocycles. The molecule has 18 heavy (non-hydrogen) atoms. The zero-order valence-electron chi connectivity index (χ0n) is 11.7. The fourth-order valence-electron chi connectivity index (χ4n) is 4.05. The largest absolute Gasteiger partial charge is 0.329 e. The Balaban J connectivity index is 1.51. The van der Waals surface area contributed by atoms with Crippen LogP contribution in [0, 0.1) is 5.92 Å². The molecule has 3 aliphatic rings. The maximum Gasteiger partial charge on any atom is 0.0473 e. The van der Waals surface area contributed by atoms with E-state index in [9.17, 15) is 0 Å². The van der Waals surface area contributed by atoms with Gasteiger partial charge in [0.05, 0.1) is 0 Å². The van der Waals surface area contributed by atoms with Gasteiger partial charge in [0.1, 0.15) is 0 Å². The molecule has 3 nitrogen and oxygen atoms in total. The first-order chi connectivity index (χ1) is 8.84.